The molecule has 0 saturated heterocycles. The molecule has 6 nitrogen and oxygen atoms in total. The topological polar surface area (TPSA) is 104 Å². The molecule has 2 aromatic carbocycles. The average Bonchev–Trinajstić information content (AvgIpc) is 2.77. The van der Waals surface area contributed by atoms with Crippen molar-refractivity contribution in [2.24, 2.45) is 0 Å². The minimum atomic E-state index is -0.833. The maximum Gasteiger partial charge on any atom is 0.300 e. The Morgan fingerprint density at radius 3 is 1.74 bits per heavy atom. The Morgan fingerprint density at radius 2 is 1.21 bits per heavy atom. The molecule has 0 fully saturated rings. The van der Waals surface area contributed by atoms with Crippen LogP contribution >= 0.6 is 0 Å². The number of hydrogen-bond donors (Lipinski definition) is 3. The van der Waals surface area contributed by atoms with Crippen LogP contribution in [0.2, 0.25) is 0 Å². The zero-order valence-corrected chi connectivity index (χ0v) is 20.6. The number of carbonyl (C=O) groups is 1. The Morgan fingerprint density at radius 1 is 0.735 bits per heavy atom. The van der Waals surface area contributed by atoms with Gasteiger partial charge in [0.15, 0.2) is 0 Å². The van der Waals surface area contributed by atoms with E-state index in [1.54, 1.807) is 6.07 Å². The van der Waals surface area contributed by atoms with E-state index in [1.165, 1.54) is 0 Å². The van der Waals surface area contributed by atoms with Gasteiger partial charge in [0.05, 0.1) is 22.8 Å². The third-order valence-electron chi connectivity index (χ3n) is 5.17. The molecule has 0 aliphatic heterocycles. The van der Waals surface area contributed by atoms with Gasteiger partial charge in [0.2, 0.25) is 0 Å². The summed E-state index contributed by atoms with van der Waals surface area (Å²) in [5.74, 6) is -0.377. The van der Waals surface area contributed by atoms with Crippen LogP contribution < -0.4 is 0 Å². The van der Waals surface area contributed by atoms with Crippen LogP contribution in [0, 0.1) is 20.8 Å². The first-order chi connectivity index (χ1) is 15.7. The number of aromatic hydroxyl groups is 2. The zero-order valence-electron chi connectivity index (χ0n) is 19.4. The van der Waals surface area contributed by atoms with E-state index in [0.717, 1.165) is 23.6 Å². The summed E-state index contributed by atoms with van der Waals surface area (Å²) in [6.07, 6.45) is 0. The number of aliphatic carboxylic acids is 1. The molecule has 1 radical (unpaired) electrons. The van der Waals surface area contributed by atoms with Gasteiger partial charge in [0.25, 0.3) is 5.97 Å². The van der Waals surface area contributed by atoms with E-state index < -0.39 is 5.97 Å². The van der Waals surface area contributed by atoms with E-state index >= 15 is 0 Å². The molecular formula is C27H26MnN2O4. The first-order valence-electron chi connectivity index (χ1n) is 10.4. The van der Waals surface area contributed by atoms with Crippen molar-refractivity contribution >= 4 is 5.97 Å². The monoisotopic (exact) mass is 497 g/mol. The van der Waals surface area contributed by atoms with Crippen molar-refractivity contribution in [1.82, 2.24) is 9.97 Å². The largest absolute Gasteiger partial charge is 0.507 e. The maximum absolute atomic E-state index is 10.6. The van der Waals surface area contributed by atoms with Crippen LogP contribution in [0.15, 0.2) is 66.7 Å². The first kappa shape index (κ1) is 26.6. The SMILES string of the molecule is CC(=O)O.Cc1ccc(-c2cccc(-c3cccc(-c4ccc(C)c(C)c4O)n3)n2)c(O)c1.[Mn]. The predicted molar refractivity (Wildman–Crippen MR) is 129 cm³/mol. The summed E-state index contributed by atoms with van der Waals surface area (Å²) in [5, 5.41) is 28.3. The summed E-state index contributed by atoms with van der Waals surface area (Å²) < 4.78 is 0. The summed E-state index contributed by atoms with van der Waals surface area (Å²) in [7, 11) is 0. The molecule has 4 aromatic rings. The Balaban J connectivity index is 0.000000758. The van der Waals surface area contributed by atoms with Gasteiger partial charge in [-0.05, 0) is 79.9 Å². The minimum Gasteiger partial charge on any atom is -0.507 e. The fraction of sp³-hybridized carbons (Fsp3) is 0.148. The molecule has 175 valence electrons. The number of pyridine rings is 2. The summed E-state index contributed by atoms with van der Waals surface area (Å²) in [6, 6.07) is 20.8. The number of hydrogen-bond acceptors (Lipinski definition) is 5. The number of benzene rings is 2. The third kappa shape index (κ3) is 6.22. The molecule has 0 atom stereocenters. The Hall–Kier alpha value is -3.67. The maximum atomic E-state index is 10.6. The van der Waals surface area contributed by atoms with Gasteiger partial charge in [-0.15, -0.1) is 0 Å². The molecule has 0 aliphatic rings. The number of aryl methyl sites for hydroxylation is 2. The van der Waals surface area contributed by atoms with Crippen molar-refractivity contribution in [2.75, 3.05) is 0 Å². The number of phenols is 2. The van der Waals surface area contributed by atoms with Gasteiger partial charge in [0, 0.05) is 35.1 Å². The number of rotatable bonds is 3. The van der Waals surface area contributed by atoms with E-state index in [0.29, 0.717) is 33.9 Å². The van der Waals surface area contributed by atoms with Crippen LogP contribution in [0.3, 0.4) is 0 Å². The molecule has 0 bridgehead atoms. The molecular weight excluding hydrogens is 471 g/mol. The van der Waals surface area contributed by atoms with Gasteiger partial charge in [0.1, 0.15) is 11.5 Å². The molecule has 0 unspecified atom stereocenters. The van der Waals surface area contributed by atoms with Gasteiger partial charge in [-0.2, -0.15) is 0 Å². The standard InChI is InChI=1S/C25H22N2O2.C2H4O2.Mn/c1-15-10-12-18(24(28)14-15)20-6-4-8-22(26-20)23-9-5-7-21(27-23)19-13-11-16(2)17(3)25(19)29;1-2(3)4;/h4-14,28-29H,1-3H3;1H3,(H,3,4);. The summed E-state index contributed by atoms with van der Waals surface area (Å²) in [4.78, 5) is 18.4. The number of aromatic nitrogens is 2. The van der Waals surface area contributed by atoms with Crippen molar-refractivity contribution in [2.45, 2.75) is 27.7 Å². The molecule has 0 saturated carbocycles. The van der Waals surface area contributed by atoms with Gasteiger partial charge in [-0.1, -0.05) is 24.3 Å². The van der Waals surface area contributed by atoms with E-state index in [4.69, 9.17) is 19.9 Å². The van der Waals surface area contributed by atoms with Gasteiger partial charge in [-0.3, -0.25) is 4.79 Å². The molecule has 0 spiro atoms. The number of phenolic OH excluding ortho intramolecular Hbond substituents is 2. The zero-order chi connectivity index (χ0) is 24.1. The van der Waals surface area contributed by atoms with Crippen LogP contribution in [0.4, 0.5) is 0 Å². The summed E-state index contributed by atoms with van der Waals surface area (Å²) in [5.41, 5.74) is 7.03. The number of nitrogens with zero attached hydrogens (tertiary/aromatic N) is 2. The van der Waals surface area contributed by atoms with E-state index in [9.17, 15) is 10.2 Å². The quantitative estimate of drug-likeness (QED) is 0.305. The molecule has 2 aromatic heterocycles. The summed E-state index contributed by atoms with van der Waals surface area (Å²) >= 11 is 0. The molecule has 2 heterocycles. The minimum absolute atomic E-state index is 0. The van der Waals surface area contributed by atoms with E-state index in [1.807, 2.05) is 81.4 Å². The Labute approximate surface area is 209 Å². The van der Waals surface area contributed by atoms with Crippen molar-refractivity contribution < 1.29 is 37.2 Å². The molecule has 4 rings (SSSR count). The van der Waals surface area contributed by atoms with E-state index in [2.05, 4.69) is 0 Å². The van der Waals surface area contributed by atoms with Crippen molar-refractivity contribution in [3.63, 3.8) is 0 Å². The first-order valence-corrected chi connectivity index (χ1v) is 10.4. The van der Waals surface area contributed by atoms with Gasteiger partial charge in [-0.25, -0.2) is 9.97 Å². The van der Waals surface area contributed by atoms with Crippen LogP contribution in [-0.2, 0) is 21.9 Å². The van der Waals surface area contributed by atoms with Gasteiger partial charge < -0.3 is 15.3 Å². The van der Waals surface area contributed by atoms with Crippen LogP contribution in [0.1, 0.15) is 23.6 Å². The van der Waals surface area contributed by atoms with Crippen molar-refractivity contribution in [3.8, 4) is 45.4 Å². The molecule has 0 aliphatic carbocycles. The number of carboxylic acids is 1. The predicted octanol–water partition coefficient (Wildman–Crippen LogP) is 5.90. The second-order valence-electron chi connectivity index (χ2n) is 7.76. The van der Waals surface area contributed by atoms with Gasteiger partial charge >= 0.3 is 0 Å². The second kappa shape index (κ2) is 11.5. The van der Waals surface area contributed by atoms with E-state index in [-0.39, 0.29) is 28.6 Å². The van der Waals surface area contributed by atoms with Crippen LogP contribution in [0.25, 0.3) is 33.9 Å². The summed E-state index contributed by atoms with van der Waals surface area (Å²) in [6.45, 7) is 6.89. The fourth-order valence-corrected chi connectivity index (χ4v) is 3.32. The smallest absolute Gasteiger partial charge is 0.300 e. The number of carboxylic acid groups (broad SMARTS) is 1. The van der Waals surface area contributed by atoms with Crippen LogP contribution in [0.5, 0.6) is 11.5 Å². The molecule has 34 heavy (non-hydrogen) atoms. The second-order valence-corrected chi connectivity index (χ2v) is 7.76. The van der Waals surface area contributed by atoms with Crippen molar-refractivity contribution in [3.05, 3.63) is 83.4 Å². The van der Waals surface area contributed by atoms with Crippen molar-refractivity contribution in [1.29, 1.82) is 0 Å². The molecule has 0 amide bonds. The average molecular weight is 497 g/mol. The third-order valence-corrected chi connectivity index (χ3v) is 5.17. The normalized spacial score (nSPS) is 10.0. The van der Waals surface area contributed by atoms with Crippen LogP contribution in [-0.4, -0.2) is 31.3 Å². The fourth-order valence-electron chi connectivity index (χ4n) is 3.32. The molecule has 7 heteroatoms. The molecule has 3 N–H and O–H groups in total. The Kier molecular flexibility index (Phi) is 8.96. The Bertz CT molecular complexity index is 1320.